The van der Waals surface area contributed by atoms with Gasteiger partial charge in [-0.15, -0.1) is 0 Å². The molecule has 1 aromatic rings. The maximum Gasteiger partial charge on any atom is 0.223 e. The molecule has 1 aliphatic rings. The zero-order valence-corrected chi connectivity index (χ0v) is 12.5. The second-order valence-electron chi connectivity index (χ2n) is 5.39. The van der Waals surface area contributed by atoms with E-state index in [-0.39, 0.29) is 17.9 Å². The fraction of sp³-hybridized carbons (Fsp3) is 0.562. The Bertz CT molecular complexity index is 444. The van der Waals surface area contributed by atoms with Gasteiger partial charge in [-0.1, -0.05) is 19.1 Å². The molecule has 2 unspecified atom stereocenters. The Kier molecular flexibility index (Phi) is 5.01. The van der Waals surface area contributed by atoms with Crippen molar-refractivity contribution < 1.29 is 14.3 Å². The summed E-state index contributed by atoms with van der Waals surface area (Å²) in [5.41, 5.74) is 1.17. The number of morpholine rings is 1. The van der Waals surface area contributed by atoms with E-state index >= 15 is 0 Å². The van der Waals surface area contributed by atoms with Gasteiger partial charge in [0, 0.05) is 13.0 Å². The van der Waals surface area contributed by atoms with Crippen molar-refractivity contribution in [3.05, 3.63) is 29.8 Å². The molecule has 0 saturated carbocycles. The van der Waals surface area contributed by atoms with Crippen molar-refractivity contribution in [2.24, 2.45) is 0 Å². The van der Waals surface area contributed by atoms with E-state index in [0.29, 0.717) is 26.2 Å². The lowest BCUT2D eigenvalue weighted by atomic mass is 9.96. The molecule has 2 atom stereocenters. The molecule has 0 aliphatic carbocycles. The molecule has 110 valence electrons. The van der Waals surface area contributed by atoms with E-state index in [1.54, 1.807) is 7.11 Å². The normalized spacial score (nSPS) is 20.6. The van der Waals surface area contributed by atoms with E-state index in [2.05, 4.69) is 6.92 Å². The predicted octanol–water partition coefficient (Wildman–Crippen LogP) is 2.44. The quantitative estimate of drug-likeness (QED) is 0.848. The summed E-state index contributed by atoms with van der Waals surface area (Å²) in [4.78, 5) is 14.3. The lowest BCUT2D eigenvalue weighted by Gasteiger charge is -2.34. The van der Waals surface area contributed by atoms with E-state index in [1.807, 2.05) is 36.1 Å². The van der Waals surface area contributed by atoms with Gasteiger partial charge < -0.3 is 14.4 Å². The van der Waals surface area contributed by atoms with E-state index in [1.165, 1.54) is 5.56 Å². The second kappa shape index (κ2) is 6.75. The van der Waals surface area contributed by atoms with Crippen LogP contribution in [0.15, 0.2) is 24.3 Å². The molecule has 1 fully saturated rings. The first-order valence-electron chi connectivity index (χ1n) is 7.13. The molecule has 0 spiro atoms. The Balaban J connectivity index is 1.95. The van der Waals surface area contributed by atoms with E-state index < -0.39 is 0 Å². The number of hydrogen-bond donors (Lipinski definition) is 0. The standard InChI is InChI=1S/C16H23NO3/c1-12(14-4-6-15(19-3)7-5-14)10-16(18)17-8-9-20-11-13(17)2/h4-7,12-13H,8-11H2,1-3H3. The Morgan fingerprint density at radius 2 is 2.15 bits per heavy atom. The molecule has 0 aromatic heterocycles. The van der Waals surface area contributed by atoms with Crippen LogP contribution in [-0.2, 0) is 9.53 Å². The highest BCUT2D eigenvalue weighted by Gasteiger charge is 2.25. The molecule has 1 aliphatic heterocycles. The van der Waals surface area contributed by atoms with Crippen molar-refractivity contribution in [3.63, 3.8) is 0 Å². The second-order valence-corrected chi connectivity index (χ2v) is 5.39. The molecule has 20 heavy (non-hydrogen) atoms. The number of methoxy groups -OCH3 is 1. The zero-order valence-electron chi connectivity index (χ0n) is 12.5. The topological polar surface area (TPSA) is 38.8 Å². The highest BCUT2D eigenvalue weighted by molar-refractivity contribution is 5.77. The first kappa shape index (κ1) is 14.9. The highest BCUT2D eigenvalue weighted by atomic mass is 16.5. The molecule has 0 radical (unpaired) electrons. The van der Waals surface area contributed by atoms with Crippen LogP contribution in [-0.4, -0.2) is 43.7 Å². The van der Waals surface area contributed by atoms with Crippen molar-refractivity contribution in [1.29, 1.82) is 0 Å². The van der Waals surface area contributed by atoms with Crippen molar-refractivity contribution in [1.82, 2.24) is 4.90 Å². The van der Waals surface area contributed by atoms with Crippen molar-refractivity contribution in [3.8, 4) is 5.75 Å². The highest BCUT2D eigenvalue weighted by Crippen LogP contribution is 2.23. The molecular weight excluding hydrogens is 254 g/mol. The zero-order chi connectivity index (χ0) is 14.5. The van der Waals surface area contributed by atoms with Gasteiger partial charge in [-0.25, -0.2) is 0 Å². The number of nitrogens with zero attached hydrogens (tertiary/aromatic N) is 1. The number of amides is 1. The van der Waals surface area contributed by atoms with Crippen LogP contribution in [0.5, 0.6) is 5.75 Å². The third-order valence-electron chi connectivity index (χ3n) is 3.85. The Labute approximate surface area is 120 Å². The van der Waals surface area contributed by atoms with E-state index in [0.717, 1.165) is 5.75 Å². The molecule has 4 nitrogen and oxygen atoms in total. The summed E-state index contributed by atoms with van der Waals surface area (Å²) in [5, 5.41) is 0. The van der Waals surface area contributed by atoms with Gasteiger partial charge in [0.1, 0.15) is 5.75 Å². The van der Waals surface area contributed by atoms with Gasteiger partial charge in [0.2, 0.25) is 5.91 Å². The maximum absolute atomic E-state index is 12.4. The number of ether oxygens (including phenoxy) is 2. The summed E-state index contributed by atoms with van der Waals surface area (Å²) in [6, 6.07) is 8.11. The summed E-state index contributed by atoms with van der Waals surface area (Å²) in [6.07, 6.45) is 0.538. The van der Waals surface area contributed by atoms with Crippen LogP contribution in [0.4, 0.5) is 0 Å². The summed E-state index contributed by atoms with van der Waals surface area (Å²) < 4.78 is 10.5. The number of benzene rings is 1. The number of carbonyl (C=O) groups is 1. The third-order valence-corrected chi connectivity index (χ3v) is 3.85. The molecule has 2 rings (SSSR count). The van der Waals surface area contributed by atoms with Crippen LogP contribution < -0.4 is 4.74 Å². The molecule has 4 heteroatoms. The van der Waals surface area contributed by atoms with Gasteiger partial charge >= 0.3 is 0 Å². The van der Waals surface area contributed by atoms with Gasteiger partial charge in [0.05, 0.1) is 26.4 Å². The van der Waals surface area contributed by atoms with Gasteiger partial charge in [-0.2, -0.15) is 0 Å². The smallest absolute Gasteiger partial charge is 0.223 e. The van der Waals surface area contributed by atoms with Crippen molar-refractivity contribution in [2.45, 2.75) is 32.2 Å². The molecule has 1 amide bonds. The van der Waals surface area contributed by atoms with E-state index in [4.69, 9.17) is 9.47 Å². The van der Waals surface area contributed by atoms with Crippen LogP contribution in [0.2, 0.25) is 0 Å². The molecule has 0 bridgehead atoms. The number of rotatable bonds is 4. The Morgan fingerprint density at radius 3 is 2.75 bits per heavy atom. The number of carbonyl (C=O) groups excluding carboxylic acids is 1. The first-order valence-corrected chi connectivity index (χ1v) is 7.13. The summed E-state index contributed by atoms with van der Waals surface area (Å²) in [7, 11) is 1.65. The fourth-order valence-corrected chi connectivity index (χ4v) is 2.53. The lowest BCUT2D eigenvalue weighted by molar-refractivity contribution is -0.139. The van der Waals surface area contributed by atoms with Gasteiger partial charge in [-0.3, -0.25) is 4.79 Å². The van der Waals surface area contributed by atoms with Crippen LogP contribution in [0, 0.1) is 0 Å². The third kappa shape index (κ3) is 3.51. The van der Waals surface area contributed by atoms with E-state index in [9.17, 15) is 4.79 Å². The molecule has 1 aromatic carbocycles. The first-order chi connectivity index (χ1) is 9.61. The monoisotopic (exact) mass is 277 g/mol. The average Bonchev–Trinajstić information content (AvgIpc) is 2.47. The minimum absolute atomic E-state index is 0.180. The predicted molar refractivity (Wildman–Crippen MR) is 78.0 cm³/mol. The largest absolute Gasteiger partial charge is 0.497 e. The van der Waals surface area contributed by atoms with Crippen molar-refractivity contribution >= 4 is 5.91 Å². The minimum Gasteiger partial charge on any atom is -0.497 e. The average molecular weight is 277 g/mol. The SMILES string of the molecule is COc1ccc(C(C)CC(=O)N2CCOCC2C)cc1. The Morgan fingerprint density at radius 1 is 1.45 bits per heavy atom. The van der Waals surface area contributed by atoms with Crippen LogP contribution in [0.25, 0.3) is 0 Å². The van der Waals surface area contributed by atoms with Gasteiger partial charge in [0.25, 0.3) is 0 Å². The minimum atomic E-state index is 0.180. The van der Waals surface area contributed by atoms with Crippen molar-refractivity contribution in [2.75, 3.05) is 26.9 Å². The Hall–Kier alpha value is -1.55. The lowest BCUT2D eigenvalue weighted by Crippen LogP contribution is -2.47. The van der Waals surface area contributed by atoms with Crippen LogP contribution >= 0.6 is 0 Å². The molecule has 0 N–H and O–H groups in total. The summed E-state index contributed by atoms with van der Waals surface area (Å²) in [5.74, 6) is 1.27. The van der Waals surface area contributed by atoms with Gasteiger partial charge in [0.15, 0.2) is 0 Å². The maximum atomic E-state index is 12.4. The molecular formula is C16H23NO3. The van der Waals surface area contributed by atoms with Crippen LogP contribution in [0.1, 0.15) is 31.7 Å². The van der Waals surface area contributed by atoms with Crippen LogP contribution in [0.3, 0.4) is 0 Å². The fourth-order valence-electron chi connectivity index (χ4n) is 2.53. The molecule has 1 saturated heterocycles. The summed E-state index contributed by atoms with van der Waals surface area (Å²) in [6.45, 7) is 6.12. The number of hydrogen-bond acceptors (Lipinski definition) is 3. The molecule has 1 heterocycles. The van der Waals surface area contributed by atoms with Gasteiger partial charge in [-0.05, 0) is 30.5 Å². The summed E-state index contributed by atoms with van der Waals surface area (Å²) >= 11 is 0.